The van der Waals surface area contributed by atoms with E-state index in [1.54, 1.807) is 18.2 Å². The fourth-order valence-corrected chi connectivity index (χ4v) is 2.51. The Labute approximate surface area is 166 Å². The Morgan fingerprint density at radius 2 is 1.87 bits per heavy atom. The van der Waals surface area contributed by atoms with Gasteiger partial charge in [0.1, 0.15) is 24.7 Å². The van der Waals surface area contributed by atoms with Gasteiger partial charge in [0.05, 0.1) is 18.4 Å². The van der Waals surface area contributed by atoms with Crippen molar-refractivity contribution in [2.75, 3.05) is 19.7 Å². The molecule has 1 aromatic carbocycles. The molecule has 1 aliphatic heterocycles. The Kier molecular flexibility index (Phi) is 5.85. The molecule has 1 aromatic heterocycles. The Morgan fingerprint density at radius 3 is 2.50 bits per heavy atom. The molecular formula is C18H13F4N3O5. The lowest BCUT2D eigenvalue weighted by Crippen LogP contribution is -2.39. The summed E-state index contributed by atoms with van der Waals surface area (Å²) in [4.78, 5) is 43.1. The molecule has 1 saturated heterocycles. The zero-order chi connectivity index (χ0) is 21.9. The highest BCUT2D eigenvalue weighted by atomic mass is 19.4. The van der Waals surface area contributed by atoms with E-state index >= 15 is 0 Å². The van der Waals surface area contributed by atoms with Gasteiger partial charge in [-0.15, -0.1) is 5.06 Å². The van der Waals surface area contributed by atoms with Crippen molar-refractivity contribution in [3.63, 3.8) is 0 Å². The molecule has 1 fully saturated rings. The Bertz CT molecular complexity index is 965. The fourth-order valence-electron chi connectivity index (χ4n) is 2.51. The maximum Gasteiger partial charge on any atom is 0.493 e. The van der Waals surface area contributed by atoms with Crippen molar-refractivity contribution >= 4 is 17.9 Å². The first-order valence-corrected chi connectivity index (χ1v) is 8.41. The molecule has 8 nitrogen and oxygen atoms in total. The highest BCUT2D eigenvalue weighted by molar-refractivity contribution is 6.01. The molecule has 2 heterocycles. The SMILES string of the molecule is O=C1CN(OC(=O)C(F)(F)F)C(=O)N1CCOc1ccc(-c2ccccc2F)nc1. The van der Waals surface area contributed by atoms with Crippen molar-refractivity contribution in [3.05, 3.63) is 48.4 Å². The molecule has 0 unspecified atom stereocenters. The molecule has 30 heavy (non-hydrogen) atoms. The molecular weight excluding hydrogens is 414 g/mol. The van der Waals surface area contributed by atoms with E-state index in [9.17, 15) is 31.9 Å². The molecule has 2 aromatic rings. The number of imide groups is 1. The van der Waals surface area contributed by atoms with Crippen molar-refractivity contribution in [2.45, 2.75) is 6.18 Å². The van der Waals surface area contributed by atoms with Crippen LogP contribution in [0.5, 0.6) is 5.75 Å². The van der Waals surface area contributed by atoms with Crippen LogP contribution < -0.4 is 4.74 Å². The number of hydroxylamine groups is 2. The number of alkyl halides is 3. The number of nitrogens with zero attached hydrogens (tertiary/aromatic N) is 3. The highest BCUT2D eigenvalue weighted by Gasteiger charge is 2.46. The largest absolute Gasteiger partial charge is 0.493 e. The van der Waals surface area contributed by atoms with Gasteiger partial charge in [-0.05, 0) is 24.3 Å². The Morgan fingerprint density at radius 1 is 1.13 bits per heavy atom. The second kappa shape index (κ2) is 8.35. The molecule has 0 spiro atoms. The third kappa shape index (κ3) is 4.64. The molecule has 0 radical (unpaired) electrons. The Balaban J connectivity index is 1.54. The molecule has 0 saturated carbocycles. The minimum Gasteiger partial charge on any atom is -0.490 e. The number of halogens is 4. The summed E-state index contributed by atoms with van der Waals surface area (Å²) in [5, 5.41) is 0.0307. The van der Waals surface area contributed by atoms with E-state index in [2.05, 4.69) is 9.82 Å². The van der Waals surface area contributed by atoms with Gasteiger partial charge in [-0.2, -0.15) is 13.2 Å². The lowest BCUT2D eigenvalue weighted by atomic mass is 10.1. The van der Waals surface area contributed by atoms with Crippen LogP contribution in [0.3, 0.4) is 0 Å². The van der Waals surface area contributed by atoms with Gasteiger partial charge in [0.25, 0.3) is 5.91 Å². The van der Waals surface area contributed by atoms with Crippen LogP contribution in [0.2, 0.25) is 0 Å². The van der Waals surface area contributed by atoms with E-state index in [1.807, 2.05) is 0 Å². The van der Waals surface area contributed by atoms with Gasteiger partial charge in [-0.1, -0.05) is 12.1 Å². The normalized spacial score (nSPS) is 14.3. The van der Waals surface area contributed by atoms with E-state index in [1.165, 1.54) is 24.4 Å². The maximum absolute atomic E-state index is 13.8. The predicted molar refractivity (Wildman–Crippen MR) is 91.1 cm³/mol. The topological polar surface area (TPSA) is 89.0 Å². The third-order valence-corrected chi connectivity index (χ3v) is 3.92. The number of hydrogen-bond acceptors (Lipinski definition) is 6. The second-order valence-corrected chi connectivity index (χ2v) is 5.95. The van der Waals surface area contributed by atoms with Crippen LogP contribution in [-0.2, 0) is 14.4 Å². The quantitative estimate of drug-likeness (QED) is 0.520. The lowest BCUT2D eigenvalue weighted by molar-refractivity contribution is -0.226. The van der Waals surface area contributed by atoms with Crippen LogP contribution >= 0.6 is 0 Å². The van der Waals surface area contributed by atoms with Gasteiger partial charge < -0.3 is 9.57 Å². The number of carbonyl (C=O) groups is 3. The first-order chi connectivity index (χ1) is 14.2. The predicted octanol–water partition coefficient (Wildman–Crippen LogP) is 2.55. The fraction of sp³-hybridized carbons (Fsp3) is 0.222. The molecule has 1 aliphatic rings. The van der Waals surface area contributed by atoms with Gasteiger partial charge in [0.15, 0.2) is 0 Å². The number of carbonyl (C=O) groups excluding carboxylic acids is 3. The number of pyridine rings is 1. The summed E-state index contributed by atoms with van der Waals surface area (Å²) in [6, 6.07) is 7.85. The molecule has 0 atom stereocenters. The summed E-state index contributed by atoms with van der Waals surface area (Å²) in [7, 11) is 0. The van der Waals surface area contributed by atoms with Crippen LogP contribution in [0.15, 0.2) is 42.6 Å². The number of ether oxygens (including phenoxy) is 1. The number of hydrogen-bond donors (Lipinski definition) is 0. The number of aromatic nitrogens is 1. The Hall–Kier alpha value is -3.70. The van der Waals surface area contributed by atoms with E-state index < -0.39 is 36.4 Å². The van der Waals surface area contributed by atoms with Gasteiger partial charge in [0, 0.05) is 5.56 Å². The molecule has 12 heteroatoms. The standard InChI is InChI=1S/C18H13F4N3O5/c19-13-4-2-1-3-12(13)14-6-5-11(9-23-14)29-8-7-24-15(26)10-25(17(24)28)30-16(27)18(20,21)22/h1-6,9H,7-8,10H2. The average Bonchev–Trinajstić information content (AvgIpc) is 2.95. The second-order valence-electron chi connectivity index (χ2n) is 5.95. The summed E-state index contributed by atoms with van der Waals surface area (Å²) >= 11 is 0. The van der Waals surface area contributed by atoms with Crippen LogP contribution in [0.1, 0.15) is 0 Å². The van der Waals surface area contributed by atoms with Gasteiger partial charge in [-0.25, -0.2) is 14.0 Å². The lowest BCUT2D eigenvalue weighted by Gasteiger charge is -2.17. The summed E-state index contributed by atoms with van der Waals surface area (Å²) in [6.07, 6.45) is -3.99. The molecule has 3 amide bonds. The molecule has 0 aliphatic carbocycles. The first kappa shape index (κ1) is 21.0. The average molecular weight is 427 g/mol. The molecule has 3 rings (SSSR count). The van der Waals surface area contributed by atoms with Crippen molar-refractivity contribution in [3.8, 4) is 17.0 Å². The summed E-state index contributed by atoms with van der Waals surface area (Å²) in [5.41, 5.74) is 0.665. The van der Waals surface area contributed by atoms with E-state index in [0.717, 1.165) is 0 Å². The molecule has 0 bridgehead atoms. The van der Waals surface area contributed by atoms with Gasteiger partial charge in [0.2, 0.25) is 0 Å². The smallest absolute Gasteiger partial charge is 0.490 e. The van der Waals surface area contributed by atoms with Crippen molar-refractivity contribution < 1.29 is 41.5 Å². The number of amides is 3. The zero-order valence-electron chi connectivity index (χ0n) is 15.1. The number of urea groups is 1. The van der Waals surface area contributed by atoms with Crippen LogP contribution in [0.25, 0.3) is 11.3 Å². The zero-order valence-corrected chi connectivity index (χ0v) is 15.1. The monoisotopic (exact) mass is 427 g/mol. The van der Waals surface area contributed by atoms with E-state index in [4.69, 9.17) is 4.74 Å². The summed E-state index contributed by atoms with van der Waals surface area (Å²) in [6.45, 7) is -1.33. The van der Waals surface area contributed by atoms with E-state index in [0.29, 0.717) is 16.2 Å². The van der Waals surface area contributed by atoms with E-state index in [-0.39, 0.29) is 24.0 Å². The van der Waals surface area contributed by atoms with Crippen LogP contribution in [-0.4, -0.2) is 58.7 Å². The highest BCUT2D eigenvalue weighted by Crippen LogP contribution is 2.23. The van der Waals surface area contributed by atoms with Crippen molar-refractivity contribution in [2.24, 2.45) is 0 Å². The summed E-state index contributed by atoms with van der Waals surface area (Å²) < 4.78 is 55.8. The third-order valence-electron chi connectivity index (χ3n) is 3.92. The minimum atomic E-state index is -5.30. The van der Waals surface area contributed by atoms with Crippen LogP contribution in [0, 0.1) is 5.82 Å². The first-order valence-electron chi connectivity index (χ1n) is 8.41. The number of benzene rings is 1. The van der Waals surface area contributed by atoms with Gasteiger partial charge >= 0.3 is 18.2 Å². The maximum atomic E-state index is 13.8. The van der Waals surface area contributed by atoms with Crippen LogP contribution in [0.4, 0.5) is 22.4 Å². The molecule has 158 valence electrons. The summed E-state index contributed by atoms with van der Waals surface area (Å²) in [5.74, 6) is -3.65. The van der Waals surface area contributed by atoms with Crippen molar-refractivity contribution in [1.82, 2.24) is 14.9 Å². The molecule has 0 N–H and O–H groups in total. The minimum absolute atomic E-state index is 0.0307. The number of rotatable bonds is 6. The van der Waals surface area contributed by atoms with Crippen molar-refractivity contribution in [1.29, 1.82) is 0 Å². The van der Waals surface area contributed by atoms with Gasteiger partial charge in [-0.3, -0.25) is 14.7 Å².